The van der Waals surface area contributed by atoms with Gasteiger partial charge in [0.1, 0.15) is 0 Å². The Balaban J connectivity index is 1.80. The summed E-state index contributed by atoms with van der Waals surface area (Å²) in [6.07, 6.45) is 1.16. The van der Waals surface area contributed by atoms with E-state index >= 15 is 0 Å². The second kappa shape index (κ2) is 3.79. The molecule has 0 aromatic heterocycles. The molecule has 0 spiro atoms. The Morgan fingerprint density at radius 3 is 2.71 bits per heavy atom. The summed E-state index contributed by atoms with van der Waals surface area (Å²) < 4.78 is 22.0. The molecule has 0 bridgehead atoms. The number of likely N-dealkylation sites (N-methyl/N-ethyl adjacent to an activating group) is 1. The fourth-order valence-corrected chi connectivity index (χ4v) is 3.82. The van der Waals surface area contributed by atoms with E-state index in [2.05, 4.69) is 17.1 Å². The SMILES string of the molecule is CCNC1CCN(C2CS(=O)(=O)C2)C1. The first-order chi connectivity index (χ1) is 6.61. The monoisotopic (exact) mass is 218 g/mol. The summed E-state index contributed by atoms with van der Waals surface area (Å²) in [6, 6.07) is 0.881. The van der Waals surface area contributed by atoms with Crippen LogP contribution in [0, 0.1) is 0 Å². The van der Waals surface area contributed by atoms with Gasteiger partial charge in [0.05, 0.1) is 11.5 Å². The van der Waals surface area contributed by atoms with E-state index in [0.29, 0.717) is 23.6 Å². The standard InChI is InChI=1S/C9H18N2O2S/c1-2-10-8-3-4-11(5-8)9-6-14(12,13)7-9/h8-10H,2-7H2,1H3. The molecule has 82 valence electrons. The van der Waals surface area contributed by atoms with Gasteiger partial charge in [-0.25, -0.2) is 8.42 Å². The van der Waals surface area contributed by atoms with Crippen LogP contribution < -0.4 is 5.32 Å². The van der Waals surface area contributed by atoms with Gasteiger partial charge < -0.3 is 5.32 Å². The van der Waals surface area contributed by atoms with E-state index in [1.165, 1.54) is 0 Å². The van der Waals surface area contributed by atoms with Crippen molar-refractivity contribution in [1.82, 2.24) is 10.2 Å². The third-order valence-corrected chi connectivity index (χ3v) is 4.91. The van der Waals surface area contributed by atoms with Gasteiger partial charge in [0.25, 0.3) is 0 Å². The number of nitrogens with one attached hydrogen (secondary N) is 1. The summed E-state index contributed by atoms with van der Waals surface area (Å²) in [5, 5.41) is 3.41. The number of hydrogen-bond donors (Lipinski definition) is 1. The average molecular weight is 218 g/mol. The molecule has 0 aromatic carbocycles. The molecular weight excluding hydrogens is 200 g/mol. The van der Waals surface area contributed by atoms with Crippen LogP contribution in [0.3, 0.4) is 0 Å². The summed E-state index contributed by atoms with van der Waals surface area (Å²) in [5.74, 6) is 0.762. The molecule has 0 amide bonds. The summed E-state index contributed by atoms with van der Waals surface area (Å²) in [5.41, 5.74) is 0. The van der Waals surface area contributed by atoms with Crippen molar-refractivity contribution in [2.75, 3.05) is 31.1 Å². The van der Waals surface area contributed by atoms with Crippen molar-refractivity contribution in [2.24, 2.45) is 0 Å². The van der Waals surface area contributed by atoms with Gasteiger partial charge in [-0.05, 0) is 13.0 Å². The van der Waals surface area contributed by atoms with Crippen molar-refractivity contribution in [3.8, 4) is 0 Å². The molecular formula is C9H18N2O2S. The van der Waals surface area contributed by atoms with E-state index < -0.39 is 9.84 Å². The molecule has 2 aliphatic rings. The number of rotatable bonds is 3. The van der Waals surface area contributed by atoms with Gasteiger partial charge in [-0.2, -0.15) is 0 Å². The first-order valence-corrected chi connectivity index (χ1v) is 7.11. The number of nitrogens with zero attached hydrogens (tertiary/aromatic N) is 1. The zero-order valence-corrected chi connectivity index (χ0v) is 9.39. The van der Waals surface area contributed by atoms with Crippen molar-refractivity contribution >= 4 is 9.84 Å². The highest BCUT2D eigenvalue weighted by molar-refractivity contribution is 7.92. The lowest BCUT2D eigenvalue weighted by Gasteiger charge is -2.34. The van der Waals surface area contributed by atoms with Gasteiger partial charge in [0, 0.05) is 25.2 Å². The van der Waals surface area contributed by atoms with Gasteiger partial charge in [-0.15, -0.1) is 0 Å². The molecule has 2 heterocycles. The summed E-state index contributed by atoms with van der Waals surface area (Å²) >= 11 is 0. The van der Waals surface area contributed by atoms with Gasteiger partial charge in [-0.1, -0.05) is 6.92 Å². The van der Waals surface area contributed by atoms with Gasteiger partial charge >= 0.3 is 0 Å². The quantitative estimate of drug-likeness (QED) is 0.692. The zero-order chi connectivity index (χ0) is 10.2. The Bertz CT molecular complexity index is 290. The molecule has 14 heavy (non-hydrogen) atoms. The van der Waals surface area contributed by atoms with Crippen molar-refractivity contribution in [3.63, 3.8) is 0 Å². The predicted octanol–water partition coefficient (Wildman–Crippen LogP) is -0.533. The van der Waals surface area contributed by atoms with E-state index in [-0.39, 0.29) is 0 Å². The lowest BCUT2D eigenvalue weighted by Crippen LogP contribution is -2.53. The first kappa shape index (κ1) is 10.4. The highest BCUT2D eigenvalue weighted by Crippen LogP contribution is 2.21. The average Bonchev–Trinajstić information content (AvgIpc) is 2.49. The molecule has 0 aliphatic carbocycles. The van der Waals surface area contributed by atoms with E-state index in [0.717, 1.165) is 26.1 Å². The van der Waals surface area contributed by atoms with Crippen molar-refractivity contribution in [1.29, 1.82) is 0 Å². The largest absolute Gasteiger partial charge is 0.313 e. The van der Waals surface area contributed by atoms with Crippen LogP contribution in [-0.4, -0.2) is 56.5 Å². The zero-order valence-electron chi connectivity index (χ0n) is 8.57. The lowest BCUT2D eigenvalue weighted by atomic mass is 10.2. The molecule has 0 aromatic rings. The molecule has 1 N–H and O–H groups in total. The summed E-state index contributed by atoms with van der Waals surface area (Å²) in [6.45, 7) is 5.18. The first-order valence-electron chi connectivity index (χ1n) is 5.28. The van der Waals surface area contributed by atoms with E-state index in [1.54, 1.807) is 0 Å². The highest BCUT2D eigenvalue weighted by atomic mass is 32.2. The molecule has 2 fully saturated rings. The normalized spacial score (nSPS) is 33.1. The molecule has 1 atom stereocenters. The van der Waals surface area contributed by atoms with Crippen LogP contribution in [0.15, 0.2) is 0 Å². The molecule has 4 nitrogen and oxygen atoms in total. The highest BCUT2D eigenvalue weighted by Gasteiger charge is 2.39. The molecule has 0 saturated carbocycles. The second-order valence-electron chi connectivity index (χ2n) is 4.27. The van der Waals surface area contributed by atoms with Crippen molar-refractivity contribution < 1.29 is 8.42 Å². The number of sulfone groups is 1. The molecule has 2 rings (SSSR count). The van der Waals surface area contributed by atoms with Crippen molar-refractivity contribution in [2.45, 2.75) is 25.4 Å². The minimum atomic E-state index is -2.66. The summed E-state index contributed by atoms with van der Waals surface area (Å²) in [4.78, 5) is 2.31. The molecule has 1 unspecified atom stereocenters. The Labute approximate surface area is 85.6 Å². The van der Waals surface area contributed by atoms with Crippen LogP contribution in [0.4, 0.5) is 0 Å². The van der Waals surface area contributed by atoms with E-state index in [9.17, 15) is 8.42 Å². The van der Waals surface area contributed by atoms with Gasteiger partial charge in [0.15, 0.2) is 9.84 Å². The number of hydrogen-bond acceptors (Lipinski definition) is 4. The molecule has 0 radical (unpaired) electrons. The smallest absolute Gasteiger partial charge is 0.153 e. The van der Waals surface area contributed by atoms with Crippen LogP contribution in [0.1, 0.15) is 13.3 Å². The van der Waals surface area contributed by atoms with Gasteiger partial charge in [0.2, 0.25) is 0 Å². The maximum Gasteiger partial charge on any atom is 0.153 e. The topological polar surface area (TPSA) is 49.4 Å². The maximum absolute atomic E-state index is 11.0. The predicted molar refractivity (Wildman–Crippen MR) is 56.1 cm³/mol. The Kier molecular flexibility index (Phi) is 2.81. The van der Waals surface area contributed by atoms with E-state index in [4.69, 9.17) is 0 Å². The fraction of sp³-hybridized carbons (Fsp3) is 1.00. The third-order valence-electron chi connectivity index (χ3n) is 3.12. The van der Waals surface area contributed by atoms with Crippen LogP contribution in [0.2, 0.25) is 0 Å². The number of likely N-dealkylation sites (tertiary alicyclic amines) is 1. The van der Waals surface area contributed by atoms with E-state index in [1.807, 2.05) is 0 Å². The summed E-state index contributed by atoms with van der Waals surface area (Å²) in [7, 11) is -2.66. The lowest BCUT2D eigenvalue weighted by molar-refractivity contribution is 0.257. The van der Waals surface area contributed by atoms with Crippen LogP contribution in [0.25, 0.3) is 0 Å². The second-order valence-corrected chi connectivity index (χ2v) is 6.42. The Morgan fingerprint density at radius 2 is 2.14 bits per heavy atom. The van der Waals surface area contributed by atoms with Crippen LogP contribution in [-0.2, 0) is 9.84 Å². The molecule has 2 saturated heterocycles. The minimum absolute atomic E-state index is 0.309. The maximum atomic E-state index is 11.0. The Morgan fingerprint density at radius 1 is 1.43 bits per heavy atom. The molecule has 5 heteroatoms. The minimum Gasteiger partial charge on any atom is -0.313 e. The van der Waals surface area contributed by atoms with Crippen LogP contribution in [0.5, 0.6) is 0 Å². The molecule has 2 aliphatic heterocycles. The third kappa shape index (κ3) is 2.10. The van der Waals surface area contributed by atoms with Gasteiger partial charge in [-0.3, -0.25) is 4.90 Å². The fourth-order valence-electron chi connectivity index (χ4n) is 2.32. The van der Waals surface area contributed by atoms with Crippen LogP contribution >= 0.6 is 0 Å². The van der Waals surface area contributed by atoms with Crippen molar-refractivity contribution in [3.05, 3.63) is 0 Å². The Hall–Kier alpha value is -0.130.